The van der Waals surface area contributed by atoms with Crippen LogP contribution in [-0.4, -0.2) is 31.2 Å². The number of benzene rings is 2. The van der Waals surface area contributed by atoms with Crippen LogP contribution in [0, 0.1) is 13.8 Å². The second-order valence-corrected chi connectivity index (χ2v) is 6.59. The third-order valence-electron chi connectivity index (χ3n) is 4.62. The van der Waals surface area contributed by atoms with E-state index in [4.69, 9.17) is 18.7 Å². The molecule has 2 N–H and O–H groups in total. The van der Waals surface area contributed by atoms with E-state index in [0.717, 1.165) is 11.3 Å². The molecule has 0 bridgehead atoms. The fourth-order valence-corrected chi connectivity index (χ4v) is 2.79. The van der Waals surface area contributed by atoms with E-state index in [0.29, 0.717) is 28.6 Å². The molecule has 0 unspecified atom stereocenters. The Morgan fingerprint density at radius 2 is 1.55 bits per heavy atom. The highest BCUT2D eigenvalue weighted by Gasteiger charge is 2.15. The lowest BCUT2D eigenvalue weighted by molar-refractivity contribution is 0.0846. The van der Waals surface area contributed by atoms with Crippen molar-refractivity contribution in [3.8, 4) is 17.2 Å². The first-order valence-corrected chi connectivity index (χ1v) is 9.40. The highest BCUT2D eigenvalue weighted by atomic mass is 16.5. The lowest BCUT2D eigenvalue weighted by Crippen LogP contribution is -2.41. The molecule has 0 aliphatic carbocycles. The molecule has 9 heteroatoms. The van der Waals surface area contributed by atoms with Crippen LogP contribution in [0.4, 0.5) is 0 Å². The van der Waals surface area contributed by atoms with Gasteiger partial charge in [0.15, 0.2) is 11.5 Å². The summed E-state index contributed by atoms with van der Waals surface area (Å²) in [6.45, 7) is 3.89. The van der Waals surface area contributed by atoms with Gasteiger partial charge in [-0.15, -0.1) is 0 Å². The minimum Gasteiger partial charge on any atom is -0.497 e. The van der Waals surface area contributed by atoms with Crippen molar-refractivity contribution in [2.75, 3.05) is 14.2 Å². The summed E-state index contributed by atoms with van der Waals surface area (Å²) in [5.74, 6) is 1.19. The highest BCUT2D eigenvalue weighted by molar-refractivity contribution is 5.99. The maximum atomic E-state index is 12.4. The predicted molar refractivity (Wildman–Crippen MR) is 111 cm³/mol. The molecule has 1 heterocycles. The molecule has 2 amide bonds. The van der Waals surface area contributed by atoms with Crippen molar-refractivity contribution in [2.45, 2.75) is 20.5 Å². The SMILES string of the molecule is COc1ccc(C(=O)NNC(=O)c2ccc(OCc3c(C)noc3C)c(OC)c2)cc1. The van der Waals surface area contributed by atoms with E-state index >= 15 is 0 Å². The van der Waals surface area contributed by atoms with Crippen molar-refractivity contribution in [3.63, 3.8) is 0 Å². The maximum Gasteiger partial charge on any atom is 0.269 e. The molecule has 0 spiro atoms. The minimum absolute atomic E-state index is 0.251. The number of ether oxygens (including phenoxy) is 3. The second-order valence-electron chi connectivity index (χ2n) is 6.59. The van der Waals surface area contributed by atoms with E-state index in [1.165, 1.54) is 20.3 Å². The average molecular weight is 425 g/mol. The van der Waals surface area contributed by atoms with Crippen molar-refractivity contribution in [3.05, 3.63) is 70.6 Å². The van der Waals surface area contributed by atoms with Crippen LogP contribution in [0.15, 0.2) is 47.0 Å². The smallest absolute Gasteiger partial charge is 0.269 e. The van der Waals surface area contributed by atoms with Gasteiger partial charge in [-0.25, -0.2) is 0 Å². The molecular formula is C22H23N3O6. The third-order valence-corrected chi connectivity index (χ3v) is 4.62. The standard InChI is InChI=1S/C22H23N3O6/c1-13-18(14(2)31-25-13)12-30-19-10-7-16(11-20(19)29-4)22(27)24-23-21(26)15-5-8-17(28-3)9-6-15/h5-11H,12H2,1-4H3,(H,23,26)(H,24,27). The fourth-order valence-electron chi connectivity index (χ4n) is 2.79. The zero-order valence-electron chi connectivity index (χ0n) is 17.6. The Balaban J connectivity index is 1.62. The molecule has 3 rings (SSSR count). The van der Waals surface area contributed by atoms with Crippen LogP contribution in [0.3, 0.4) is 0 Å². The Kier molecular flexibility index (Phi) is 6.76. The van der Waals surface area contributed by atoms with Gasteiger partial charge in [-0.2, -0.15) is 0 Å². The first kappa shape index (κ1) is 21.7. The monoisotopic (exact) mass is 425 g/mol. The lowest BCUT2D eigenvalue weighted by Gasteiger charge is -2.13. The van der Waals surface area contributed by atoms with Crippen LogP contribution in [0.25, 0.3) is 0 Å². The van der Waals surface area contributed by atoms with Gasteiger partial charge in [0.2, 0.25) is 0 Å². The largest absolute Gasteiger partial charge is 0.497 e. The Morgan fingerprint density at radius 3 is 2.13 bits per heavy atom. The van der Waals surface area contributed by atoms with Gasteiger partial charge in [-0.05, 0) is 56.3 Å². The van der Waals surface area contributed by atoms with Crippen molar-refractivity contribution >= 4 is 11.8 Å². The first-order valence-electron chi connectivity index (χ1n) is 9.40. The predicted octanol–water partition coefficient (Wildman–Crippen LogP) is 2.96. The quantitative estimate of drug-likeness (QED) is 0.560. The van der Waals surface area contributed by atoms with Gasteiger partial charge in [0.25, 0.3) is 11.8 Å². The number of hydrazine groups is 1. The van der Waals surface area contributed by atoms with Gasteiger partial charge < -0.3 is 18.7 Å². The number of aryl methyl sites for hydroxylation is 2. The van der Waals surface area contributed by atoms with Crippen molar-refractivity contribution in [1.82, 2.24) is 16.0 Å². The summed E-state index contributed by atoms with van der Waals surface area (Å²) in [6, 6.07) is 11.2. The molecule has 3 aromatic rings. The van der Waals surface area contributed by atoms with Gasteiger partial charge in [-0.1, -0.05) is 5.16 Å². The Hall–Kier alpha value is -4.01. The van der Waals surface area contributed by atoms with Crippen LogP contribution in [-0.2, 0) is 6.61 Å². The summed E-state index contributed by atoms with van der Waals surface area (Å²) in [6.07, 6.45) is 0. The molecule has 0 saturated heterocycles. The number of rotatable bonds is 7. The summed E-state index contributed by atoms with van der Waals surface area (Å²) in [4.78, 5) is 24.6. The Morgan fingerprint density at radius 1 is 0.903 bits per heavy atom. The van der Waals surface area contributed by atoms with E-state index < -0.39 is 11.8 Å². The molecule has 162 valence electrons. The number of hydrogen-bond acceptors (Lipinski definition) is 7. The zero-order chi connectivity index (χ0) is 22.4. The van der Waals surface area contributed by atoms with Crippen molar-refractivity contribution < 1.29 is 28.3 Å². The maximum absolute atomic E-state index is 12.4. The second kappa shape index (κ2) is 9.66. The molecular weight excluding hydrogens is 402 g/mol. The van der Waals surface area contributed by atoms with Crippen LogP contribution < -0.4 is 25.1 Å². The number of amides is 2. The highest BCUT2D eigenvalue weighted by Crippen LogP contribution is 2.29. The van der Waals surface area contributed by atoms with E-state index in [1.807, 2.05) is 13.8 Å². The van der Waals surface area contributed by atoms with Crippen molar-refractivity contribution in [2.24, 2.45) is 0 Å². The molecule has 0 radical (unpaired) electrons. The number of nitrogens with one attached hydrogen (secondary N) is 2. The normalized spacial score (nSPS) is 10.3. The van der Waals surface area contributed by atoms with Gasteiger partial charge in [0.1, 0.15) is 18.1 Å². The van der Waals surface area contributed by atoms with Gasteiger partial charge in [0, 0.05) is 11.1 Å². The number of carbonyl (C=O) groups excluding carboxylic acids is 2. The number of nitrogens with zero attached hydrogens (tertiary/aromatic N) is 1. The Bertz CT molecular complexity index is 1060. The van der Waals surface area contributed by atoms with E-state index in [-0.39, 0.29) is 12.2 Å². The molecule has 0 fully saturated rings. The van der Waals surface area contributed by atoms with Crippen LogP contribution >= 0.6 is 0 Å². The zero-order valence-corrected chi connectivity index (χ0v) is 17.6. The number of methoxy groups -OCH3 is 2. The average Bonchev–Trinajstić information content (AvgIpc) is 3.12. The topological polar surface area (TPSA) is 112 Å². The minimum atomic E-state index is -0.502. The Labute approximate surface area is 179 Å². The van der Waals surface area contributed by atoms with Crippen LogP contribution in [0.2, 0.25) is 0 Å². The fraction of sp³-hybridized carbons (Fsp3) is 0.227. The van der Waals surface area contributed by atoms with Crippen LogP contribution in [0.5, 0.6) is 17.2 Å². The van der Waals surface area contributed by atoms with Gasteiger partial charge >= 0.3 is 0 Å². The number of carbonyl (C=O) groups is 2. The summed E-state index contributed by atoms with van der Waals surface area (Å²) >= 11 is 0. The van der Waals surface area contributed by atoms with Gasteiger partial charge in [-0.3, -0.25) is 20.4 Å². The molecule has 31 heavy (non-hydrogen) atoms. The molecule has 9 nitrogen and oxygen atoms in total. The van der Waals surface area contributed by atoms with Crippen LogP contribution in [0.1, 0.15) is 37.7 Å². The number of aromatic nitrogens is 1. The molecule has 0 aliphatic rings. The summed E-state index contributed by atoms with van der Waals surface area (Å²) < 4.78 is 21.3. The number of hydrogen-bond donors (Lipinski definition) is 2. The summed E-state index contributed by atoms with van der Waals surface area (Å²) in [5, 5.41) is 3.89. The summed E-state index contributed by atoms with van der Waals surface area (Å²) in [7, 11) is 3.02. The van der Waals surface area contributed by atoms with Crippen molar-refractivity contribution in [1.29, 1.82) is 0 Å². The van der Waals surface area contributed by atoms with E-state index in [9.17, 15) is 9.59 Å². The molecule has 1 aromatic heterocycles. The summed E-state index contributed by atoms with van der Waals surface area (Å²) in [5.41, 5.74) is 7.02. The van der Waals surface area contributed by atoms with E-state index in [2.05, 4.69) is 16.0 Å². The molecule has 0 atom stereocenters. The molecule has 2 aromatic carbocycles. The first-order chi connectivity index (χ1) is 14.9. The molecule has 0 aliphatic heterocycles. The van der Waals surface area contributed by atoms with Gasteiger partial charge in [0.05, 0.1) is 25.5 Å². The third kappa shape index (κ3) is 5.13. The molecule has 0 saturated carbocycles. The lowest BCUT2D eigenvalue weighted by atomic mass is 10.2. The van der Waals surface area contributed by atoms with E-state index in [1.54, 1.807) is 36.4 Å².